The summed E-state index contributed by atoms with van der Waals surface area (Å²) in [6.07, 6.45) is 3.73. The molecule has 2 aromatic heterocycles. The van der Waals surface area contributed by atoms with Gasteiger partial charge in [-0.15, -0.1) is 0 Å². The predicted octanol–water partition coefficient (Wildman–Crippen LogP) is 6.73. The number of carbonyl (C=O) groups excluding carboxylic acids is 2. The van der Waals surface area contributed by atoms with Crippen molar-refractivity contribution in [2.24, 2.45) is 5.41 Å². The van der Waals surface area contributed by atoms with Crippen LogP contribution in [0, 0.1) is 18.2 Å². The number of hydrogen-bond donors (Lipinski definition) is 2. The van der Waals surface area contributed by atoms with E-state index in [9.17, 15) is 9.59 Å². The Kier molecular flexibility index (Phi) is 7.24. The van der Waals surface area contributed by atoms with Gasteiger partial charge in [0.15, 0.2) is 5.82 Å². The van der Waals surface area contributed by atoms with Crippen LogP contribution in [-0.2, 0) is 10.2 Å². The lowest BCUT2D eigenvalue weighted by molar-refractivity contribution is -0.123. The number of imidazole rings is 1. The molecule has 1 saturated heterocycles. The van der Waals surface area contributed by atoms with Gasteiger partial charge in [-0.3, -0.25) is 14.5 Å². The smallest absolute Gasteiger partial charge is 0.251 e. The van der Waals surface area contributed by atoms with Crippen LogP contribution in [0.2, 0.25) is 0 Å². The highest BCUT2D eigenvalue weighted by molar-refractivity contribution is 6.09. The molecule has 2 aliphatic heterocycles. The molecule has 1 saturated carbocycles. The van der Waals surface area contributed by atoms with E-state index in [-0.39, 0.29) is 29.6 Å². The topological polar surface area (TPSA) is 95.4 Å². The number of nitrogens with zero attached hydrogens (tertiary/aromatic N) is 5. The van der Waals surface area contributed by atoms with Crippen LogP contribution in [0.15, 0.2) is 42.7 Å². The summed E-state index contributed by atoms with van der Waals surface area (Å²) in [7, 11) is 1.55. The first kappa shape index (κ1) is 31.3. The van der Waals surface area contributed by atoms with Gasteiger partial charge in [0.25, 0.3) is 5.91 Å². The number of aromatic nitrogens is 3. The Bertz CT molecular complexity index is 1930. The Morgan fingerprint density at radius 3 is 2.43 bits per heavy atom. The normalized spacial score (nSPS) is 21.5. The number of rotatable bonds is 7. The number of halogens is 1. The van der Waals surface area contributed by atoms with Gasteiger partial charge in [-0.1, -0.05) is 26.0 Å². The highest BCUT2D eigenvalue weighted by Gasteiger charge is 2.51. The van der Waals surface area contributed by atoms with Crippen molar-refractivity contribution in [3.8, 4) is 11.3 Å². The first-order chi connectivity index (χ1) is 22.2. The Hall–Kier alpha value is -4.31. The number of anilines is 3. The van der Waals surface area contributed by atoms with Gasteiger partial charge in [0.2, 0.25) is 5.91 Å². The maximum atomic E-state index is 15.4. The Labute approximate surface area is 275 Å². The van der Waals surface area contributed by atoms with E-state index in [1.807, 2.05) is 35.4 Å². The van der Waals surface area contributed by atoms with Crippen LogP contribution in [0.3, 0.4) is 0 Å². The second kappa shape index (κ2) is 10.9. The minimum absolute atomic E-state index is 0.0768. The summed E-state index contributed by atoms with van der Waals surface area (Å²) in [4.78, 5) is 40.8. The van der Waals surface area contributed by atoms with Gasteiger partial charge >= 0.3 is 0 Å². The van der Waals surface area contributed by atoms with Crippen molar-refractivity contribution in [1.82, 2.24) is 24.8 Å². The molecule has 0 bridgehead atoms. The fourth-order valence-corrected chi connectivity index (χ4v) is 7.65. The largest absolute Gasteiger partial charge is 0.355 e. The van der Waals surface area contributed by atoms with Crippen molar-refractivity contribution in [3.63, 3.8) is 0 Å². The van der Waals surface area contributed by atoms with E-state index >= 15 is 4.39 Å². The molecule has 2 aromatic carbocycles. The molecule has 10 heteroatoms. The predicted molar refractivity (Wildman–Crippen MR) is 184 cm³/mol. The molecule has 0 atom stereocenters. The fourth-order valence-electron chi connectivity index (χ4n) is 7.65. The Balaban J connectivity index is 1.27. The summed E-state index contributed by atoms with van der Waals surface area (Å²) in [5.74, 6) is -0.209. The molecule has 4 heterocycles. The molecule has 9 nitrogen and oxygen atoms in total. The number of hydrogen-bond acceptors (Lipinski definition) is 6. The van der Waals surface area contributed by atoms with Crippen molar-refractivity contribution in [2.45, 2.75) is 84.8 Å². The molecule has 2 amide bonds. The maximum absolute atomic E-state index is 15.4. The lowest BCUT2D eigenvalue weighted by atomic mass is 9.76. The molecular formula is C37H44FN7O2. The van der Waals surface area contributed by atoms with E-state index in [4.69, 9.17) is 9.97 Å². The van der Waals surface area contributed by atoms with Crippen LogP contribution in [-0.4, -0.2) is 63.5 Å². The zero-order valence-corrected chi connectivity index (χ0v) is 28.5. The van der Waals surface area contributed by atoms with Crippen LogP contribution >= 0.6 is 0 Å². The van der Waals surface area contributed by atoms with Crippen LogP contribution < -0.4 is 15.5 Å². The van der Waals surface area contributed by atoms with Gasteiger partial charge in [0.1, 0.15) is 11.3 Å². The molecular weight excluding hydrogens is 593 g/mol. The van der Waals surface area contributed by atoms with Crippen LogP contribution in [0.1, 0.15) is 81.9 Å². The third kappa shape index (κ3) is 5.08. The van der Waals surface area contributed by atoms with Gasteiger partial charge in [-0.05, 0) is 88.3 Å². The summed E-state index contributed by atoms with van der Waals surface area (Å²) in [5.41, 5.74) is 5.72. The summed E-state index contributed by atoms with van der Waals surface area (Å²) in [6.45, 7) is 16.7. The zero-order chi connectivity index (χ0) is 33.6. The molecule has 2 N–H and O–H groups in total. The van der Waals surface area contributed by atoms with E-state index in [2.05, 4.69) is 55.4 Å². The SMILES string of the molecule is CNC(=O)c1cc(Nc2nc(-c3ccc4c(c3)N(C3CC(N5CC(C)(C)C5)C3)C(=O)C4(C)C)cc3ncn(C(C)C)c23)c(F)cc1C. The molecule has 1 aliphatic carbocycles. The molecule has 0 spiro atoms. The molecule has 7 rings (SSSR count). The number of carbonyl (C=O) groups is 2. The lowest BCUT2D eigenvalue weighted by Crippen LogP contribution is -2.64. The summed E-state index contributed by atoms with van der Waals surface area (Å²) < 4.78 is 17.4. The number of fused-ring (bicyclic) bond motifs is 2. The number of pyridine rings is 1. The summed E-state index contributed by atoms with van der Waals surface area (Å²) >= 11 is 0. The van der Waals surface area contributed by atoms with Crippen LogP contribution in [0.5, 0.6) is 0 Å². The van der Waals surface area contributed by atoms with Crippen molar-refractivity contribution >= 4 is 40.0 Å². The molecule has 47 heavy (non-hydrogen) atoms. The van der Waals surface area contributed by atoms with Gasteiger partial charge in [-0.25, -0.2) is 14.4 Å². The number of likely N-dealkylation sites (tertiary alicyclic amines) is 1. The van der Waals surface area contributed by atoms with Crippen molar-refractivity contribution < 1.29 is 14.0 Å². The monoisotopic (exact) mass is 637 g/mol. The van der Waals surface area contributed by atoms with E-state index in [0.717, 1.165) is 48.3 Å². The first-order valence-electron chi connectivity index (χ1n) is 16.6. The van der Waals surface area contributed by atoms with Gasteiger partial charge in [-0.2, -0.15) is 0 Å². The third-order valence-electron chi connectivity index (χ3n) is 10.4. The van der Waals surface area contributed by atoms with Gasteiger partial charge < -0.3 is 20.1 Å². The second-order valence-corrected chi connectivity index (χ2v) is 15.2. The number of benzene rings is 2. The molecule has 246 valence electrons. The van der Waals surface area contributed by atoms with E-state index in [0.29, 0.717) is 39.6 Å². The number of amides is 2. The quantitative estimate of drug-likeness (QED) is 0.234. The van der Waals surface area contributed by atoms with Crippen LogP contribution in [0.25, 0.3) is 22.3 Å². The fraction of sp³-hybridized carbons (Fsp3) is 0.459. The molecule has 2 fully saturated rings. The maximum Gasteiger partial charge on any atom is 0.251 e. The summed E-state index contributed by atoms with van der Waals surface area (Å²) in [5, 5.41) is 5.84. The average Bonchev–Trinajstić information content (AvgIpc) is 3.50. The standard InChI is InChI=1S/C37H44FN7O2/c1-20(2)44-19-40-30-16-28(41-33(32(30)44)42-29-15-25(34(46)39-8)21(3)11-27(29)38)22-9-10-26-31(12-22)45(35(47)37(26,6)7)24-13-23(14-24)43-17-36(4,5)18-43/h9-12,15-16,19-20,23-24H,13-14,17-18H2,1-8H3,(H,39,46)(H,41,42). The molecule has 4 aromatic rings. The number of aryl methyl sites for hydroxylation is 1. The Morgan fingerprint density at radius 2 is 1.77 bits per heavy atom. The highest BCUT2D eigenvalue weighted by Crippen LogP contribution is 2.49. The van der Waals surface area contributed by atoms with Crippen molar-refractivity contribution in [2.75, 3.05) is 30.4 Å². The second-order valence-electron chi connectivity index (χ2n) is 15.2. The summed E-state index contributed by atoms with van der Waals surface area (Å²) in [6, 6.07) is 11.7. The lowest BCUT2D eigenvalue weighted by Gasteiger charge is -2.55. The zero-order valence-electron chi connectivity index (χ0n) is 28.5. The minimum Gasteiger partial charge on any atom is -0.355 e. The van der Waals surface area contributed by atoms with E-state index in [1.165, 1.54) is 12.1 Å². The average molecular weight is 638 g/mol. The van der Waals surface area contributed by atoms with Gasteiger partial charge in [0.05, 0.1) is 28.6 Å². The third-order valence-corrected chi connectivity index (χ3v) is 10.4. The van der Waals surface area contributed by atoms with Crippen molar-refractivity contribution in [3.05, 3.63) is 65.2 Å². The van der Waals surface area contributed by atoms with Crippen LogP contribution in [0.4, 0.5) is 21.6 Å². The minimum atomic E-state index is -0.622. The molecule has 0 radical (unpaired) electrons. The molecule has 3 aliphatic rings. The van der Waals surface area contributed by atoms with E-state index < -0.39 is 11.2 Å². The van der Waals surface area contributed by atoms with Crippen molar-refractivity contribution in [1.29, 1.82) is 0 Å². The van der Waals surface area contributed by atoms with E-state index in [1.54, 1.807) is 20.3 Å². The molecule has 0 unspecified atom stereocenters. The highest BCUT2D eigenvalue weighted by atomic mass is 19.1. The first-order valence-corrected chi connectivity index (χ1v) is 16.6. The Morgan fingerprint density at radius 1 is 1.04 bits per heavy atom. The number of nitrogens with one attached hydrogen (secondary N) is 2. The van der Waals surface area contributed by atoms with Gasteiger partial charge in [0, 0.05) is 55.1 Å².